The average molecular weight is 335 g/mol. The van der Waals surface area contributed by atoms with Gasteiger partial charge in [-0.05, 0) is 37.6 Å². The van der Waals surface area contributed by atoms with Crippen LogP contribution in [0.4, 0.5) is 0 Å². The van der Waals surface area contributed by atoms with Gasteiger partial charge in [-0.2, -0.15) is 0 Å². The molecule has 3 aromatic rings. The van der Waals surface area contributed by atoms with Crippen LogP contribution in [-0.4, -0.2) is 33.6 Å². The van der Waals surface area contributed by atoms with Gasteiger partial charge < -0.3 is 10.4 Å². The smallest absolute Gasteiger partial charge is 0.244 e. The van der Waals surface area contributed by atoms with Crippen LogP contribution >= 0.6 is 0 Å². The summed E-state index contributed by atoms with van der Waals surface area (Å²) in [5, 5.41) is 11.4. The number of hydrogen-bond acceptors (Lipinski definition) is 3. The van der Waals surface area contributed by atoms with Gasteiger partial charge in [0.05, 0.1) is 18.0 Å². The van der Waals surface area contributed by atoms with Gasteiger partial charge in [0.15, 0.2) is 0 Å². The summed E-state index contributed by atoms with van der Waals surface area (Å²) < 4.78 is 1.97. The summed E-state index contributed by atoms with van der Waals surface area (Å²) >= 11 is 0. The fourth-order valence-corrected chi connectivity index (χ4v) is 2.64. The number of aliphatic hydroxyl groups is 1. The molecular formula is C20H21N3O2. The van der Waals surface area contributed by atoms with E-state index in [-0.39, 0.29) is 19.1 Å². The van der Waals surface area contributed by atoms with E-state index in [0.717, 1.165) is 28.2 Å². The van der Waals surface area contributed by atoms with Crippen molar-refractivity contribution in [1.29, 1.82) is 0 Å². The predicted octanol–water partition coefficient (Wildman–Crippen LogP) is 2.74. The lowest BCUT2D eigenvalue weighted by atomic mass is 10.1. The largest absolute Gasteiger partial charge is 0.395 e. The summed E-state index contributed by atoms with van der Waals surface area (Å²) in [6, 6.07) is 12.2. The summed E-state index contributed by atoms with van der Waals surface area (Å²) in [5.41, 5.74) is 5.83. The second-order valence-electron chi connectivity index (χ2n) is 5.99. The summed E-state index contributed by atoms with van der Waals surface area (Å²) in [6.45, 7) is 4.23. The molecule has 2 heterocycles. The number of hydrogen-bond donors (Lipinski definition) is 2. The Morgan fingerprint density at radius 3 is 2.68 bits per heavy atom. The fourth-order valence-electron chi connectivity index (χ4n) is 2.64. The number of nitrogens with zero attached hydrogens (tertiary/aromatic N) is 2. The molecule has 0 bridgehead atoms. The van der Waals surface area contributed by atoms with E-state index in [0.29, 0.717) is 0 Å². The monoisotopic (exact) mass is 335 g/mol. The van der Waals surface area contributed by atoms with Crippen LogP contribution in [0, 0.1) is 13.8 Å². The molecule has 0 aliphatic carbocycles. The predicted molar refractivity (Wildman–Crippen MR) is 99.2 cm³/mol. The summed E-state index contributed by atoms with van der Waals surface area (Å²) in [6.07, 6.45) is 5.19. The average Bonchev–Trinajstić information content (AvgIpc) is 2.96. The Kier molecular flexibility index (Phi) is 4.95. The quantitative estimate of drug-likeness (QED) is 0.705. The number of imidazole rings is 1. The van der Waals surface area contributed by atoms with Crippen LogP contribution in [0.1, 0.15) is 16.8 Å². The number of fused-ring (bicyclic) bond motifs is 1. The molecule has 0 fully saturated rings. The molecule has 5 heteroatoms. The Hall–Kier alpha value is -2.92. The Morgan fingerprint density at radius 2 is 1.96 bits per heavy atom. The Morgan fingerprint density at radius 1 is 1.20 bits per heavy atom. The van der Waals surface area contributed by atoms with Crippen molar-refractivity contribution in [3.05, 3.63) is 65.5 Å². The highest BCUT2D eigenvalue weighted by Crippen LogP contribution is 2.26. The molecule has 0 saturated carbocycles. The van der Waals surface area contributed by atoms with Gasteiger partial charge >= 0.3 is 0 Å². The van der Waals surface area contributed by atoms with Gasteiger partial charge in [-0.25, -0.2) is 4.98 Å². The Labute approximate surface area is 146 Å². The van der Waals surface area contributed by atoms with Crippen LogP contribution in [-0.2, 0) is 4.79 Å². The highest BCUT2D eigenvalue weighted by molar-refractivity contribution is 5.92. The Bertz CT molecular complexity index is 924. The molecule has 2 N–H and O–H groups in total. The minimum absolute atomic E-state index is 0.0803. The number of pyridine rings is 1. The van der Waals surface area contributed by atoms with E-state index < -0.39 is 0 Å². The standard InChI is InChI=1S/C20H21N3O2/c1-14-3-5-16(6-4-14)20-17(7-8-19(25)21-10-12-24)23-11-9-15(2)13-18(23)22-20/h3-9,11,13,24H,10,12H2,1-2H3,(H,21,25)/b8-7+. The molecule has 0 radical (unpaired) electrons. The van der Waals surface area contributed by atoms with Crippen LogP contribution < -0.4 is 5.32 Å². The lowest BCUT2D eigenvalue weighted by molar-refractivity contribution is -0.116. The fraction of sp³-hybridized carbons (Fsp3) is 0.200. The molecule has 0 aliphatic heterocycles. The number of aromatic nitrogens is 2. The van der Waals surface area contributed by atoms with Crippen molar-refractivity contribution < 1.29 is 9.90 Å². The molecule has 3 rings (SSSR count). The zero-order valence-corrected chi connectivity index (χ0v) is 14.4. The van der Waals surface area contributed by atoms with Crippen LogP contribution in [0.5, 0.6) is 0 Å². The number of carbonyl (C=O) groups excluding carboxylic acids is 1. The van der Waals surface area contributed by atoms with E-state index in [9.17, 15) is 4.79 Å². The molecule has 5 nitrogen and oxygen atoms in total. The van der Waals surface area contributed by atoms with Crippen molar-refractivity contribution in [1.82, 2.24) is 14.7 Å². The molecule has 1 amide bonds. The normalized spacial score (nSPS) is 11.3. The highest BCUT2D eigenvalue weighted by atomic mass is 16.3. The number of aryl methyl sites for hydroxylation is 2. The number of nitrogens with one attached hydrogen (secondary N) is 1. The molecule has 0 aliphatic rings. The summed E-state index contributed by atoms with van der Waals surface area (Å²) in [4.78, 5) is 16.6. The van der Waals surface area contributed by atoms with E-state index in [1.165, 1.54) is 11.6 Å². The van der Waals surface area contributed by atoms with E-state index in [4.69, 9.17) is 10.1 Å². The van der Waals surface area contributed by atoms with E-state index in [2.05, 4.69) is 5.32 Å². The zero-order valence-electron chi connectivity index (χ0n) is 14.4. The first-order valence-corrected chi connectivity index (χ1v) is 8.21. The van der Waals surface area contributed by atoms with Crippen molar-refractivity contribution in [3.63, 3.8) is 0 Å². The maximum absolute atomic E-state index is 11.8. The van der Waals surface area contributed by atoms with Crippen molar-refractivity contribution in [2.24, 2.45) is 0 Å². The Balaban J connectivity index is 2.07. The van der Waals surface area contributed by atoms with Gasteiger partial charge in [-0.15, -0.1) is 0 Å². The molecule has 128 valence electrons. The lowest BCUT2D eigenvalue weighted by Gasteiger charge is -2.02. The first kappa shape index (κ1) is 16.9. The molecular weight excluding hydrogens is 314 g/mol. The summed E-state index contributed by atoms with van der Waals surface area (Å²) in [5.74, 6) is -0.244. The van der Waals surface area contributed by atoms with Crippen LogP contribution in [0.3, 0.4) is 0 Å². The van der Waals surface area contributed by atoms with Gasteiger partial charge in [-0.3, -0.25) is 9.20 Å². The van der Waals surface area contributed by atoms with Gasteiger partial charge in [0.2, 0.25) is 5.91 Å². The van der Waals surface area contributed by atoms with E-state index in [1.54, 1.807) is 6.08 Å². The second-order valence-corrected chi connectivity index (χ2v) is 5.99. The number of benzene rings is 1. The molecule has 0 unspecified atom stereocenters. The van der Waals surface area contributed by atoms with Crippen molar-refractivity contribution in [2.45, 2.75) is 13.8 Å². The maximum Gasteiger partial charge on any atom is 0.244 e. The molecule has 0 atom stereocenters. The van der Waals surface area contributed by atoms with Crippen LogP contribution in [0.2, 0.25) is 0 Å². The molecule has 0 spiro atoms. The maximum atomic E-state index is 11.8. The van der Waals surface area contributed by atoms with Gasteiger partial charge in [0, 0.05) is 24.4 Å². The number of rotatable bonds is 5. The third-order valence-electron chi connectivity index (χ3n) is 3.95. The molecule has 0 saturated heterocycles. The molecule has 1 aromatic carbocycles. The van der Waals surface area contributed by atoms with Crippen molar-refractivity contribution >= 4 is 17.6 Å². The van der Waals surface area contributed by atoms with Gasteiger partial charge in [0.25, 0.3) is 0 Å². The number of aliphatic hydroxyl groups excluding tert-OH is 1. The zero-order chi connectivity index (χ0) is 17.8. The number of carbonyl (C=O) groups is 1. The first-order chi connectivity index (χ1) is 12.1. The first-order valence-electron chi connectivity index (χ1n) is 8.21. The molecule has 2 aromatic heterocycles. The van der Waals surface area contributed by atoms with E-state index in [1.807, 2.05) is 60.8 Å². The summed E-state index contributed by atoms with van der Waals surface area (Å²) in [7, 11) is 0. The van der Waals surface area contributed by atoms with Crippen LogP contribution in [0.15, 0.2) is 48.7 Å². The van der Waals surface area contributed by atoms with Gasteiger partial charge in [0.1, 0.15) is 5.65 Å². The third-order valence-corrected chi connectivity index (χ3v) is 3.95. The minimum atomic E-state index is -0.244. The van der Waals surface area contributed by atoms with Crippen molar-refractivity contribution in [2.75, 3.05) is 13.2 Å². The SMILES string of the molecule is Cc1ccc(-c2nc3cc(C)ccn3c2/C=C/C(=O)NCCO)cc1. The lowest BCUT2D eigenvalue weighted by Crippen LogP contribution is -2.24. The van der Waals surface area contributed by atoms with Gasteiger partial charge in [-0.1, -0.05) is 29.8 Å². The minimum Gasteiger partial charge on any atom is -0.395 e. The van der Waals surface area contributed by atoms with Crippen LogP contribution in [0.25, 0.3) is 23.0 Å². The van der Waals surface area contributed by atoms with Crippen molar-refractivity contribution in [3.8, 4) is 11.3 Å². The van der Waals surface area contributed by atoms with E-state index >= 15 is 0 Å². The topological polar surface area (TPSA) is 66.6 Å². The highest BCUT2D eigenvalue weighted by Gasteiger charge is 2.12. The third kappa shape index (κ3) is 3.78. The second kappa shape index (κ2) is 7.32. The molecule has 25 heavy (non-hydrogen) atoms. The number of amides is 1.